The summed E-state index contributed by atoms with van der Waals surface area (Å²) < 4.78 is 5.48. The number of pyridine rings is 1. The second kappa shape index (κ2) is 7.11. The zero-order chi connectivity index (χ0) is 14.5. The van der Waals surface area contributed by atoms with E-state index < -0.39 is 5.97 Å². The molecule has 7 heteroatoms. The van der Waals surface area contributed by atoms with Gasteiger partial charge < -0.3 is 15.2 Å². The molecular weight excluding hydrogens is 303 g/mol. The van der Waals surface area contributed by atoms with Crippen LogP contribution in [0.5, 0.6) is 5.88 Å². The summed E-state index contributed by atoms with van der Waals surface area (Å²) in [6, 6.07) is 0.439. The van der Waals surface area contributed by atoms with Crippen molar-refractivity contribution in [2.24, 2.45) is 0 Å². The number of aromatic nitrogens is 1. The Morgan fingerprint density at radius 1 is 1.50 bits per heavy atom. The van der Waals surface area contributed by atoms with Gasteiger partial charge in [-0.25, -0.2) is 9.78 Å². The number of hydrogen-bond donors (Lipinski definition) is 2. The number of rotatable bonds is 5. The molecule has 1 fully saturated rings. The maximum absolute atomic E-state index is 11.1. The molecule has 1 atom stereocenters. The average molecular weight is 319 g/mol. The molecule has 20 heavy (non-hydrogen) atoms. The summed E-state index contributed by atoms with van der Waals surface area (Å²) in [5.74, 6) is -1.08. The van der Waals surface area contributed by atoms with E-state index >= 15 is 0 Å². The Hall–Kier alpha value is -1.04. The van der Waals surface area contributed by atoms with Crippen LogP contribution in [0.2, 0.25) is 10.0 Å². The molecule has 1 aromatic rings. The van der Waals surface area contributed by atoms with Gasteiger partial charge >= 0.3 is 5.97 Å². The van der Waals surface area contributed by atoms with E-state index in [1.54, 1.807) is 0 Å². The van der Waals surface area contributed by atoms with Crippen LogP contribution in [0.1, 0.15) is 36.0 Å². The highest BCUT2D eigenvalue weighted by Crippen LogP contribution is 2.31. The van der Waals surface area contributed by atoms with Crippen molar-refractivity contribution >= 4 is 29.2 Å². The van der Waals surface area contributed by atoms with Crippen LogP contribution in [0.25, 0.3) is 0 Å². The summed E-state index contributed by atoms with van der Waals surface area (Å²) in [5.41, 5.74) is -0.172. The van der Waals surface area contributed by atoms with Gasteiger partial charge in [-0.05, 0) is 25.8 Å². The van der Waals surface area contributed by atoms with E-state index in [4.69, 9.17) is 33.0 Å². The second-order valence-electron chi connectivity index (χ2n) is 4.69. The van der Waals surface area contributed by atoms with Crippen molar-refractivity contribution < 1.29 is 14.6 Å². The van der Waals surface area contributed by atoms with E-state index in [9.17, 15) is 4.79 Å². The largest absolute Gasteiger partial charge is 0.478 e. The lowest BCUT2D eigenvalue weighted by molar-refractivity contribution is 0.0696. The maximum Gasteiger partial charge on any atom is 0.339 e. The predicted molar refractivity (Wildman–Crippen MR) is 77.0 cm³/mol. The van der Waals surface area contributed by atoms with Crippen LogP contribution < -0.4 is 10.1 Å². The number of piperidine rings is 1. The van der Waals surface area contributed by atoms with Crippen molar-refractivity contribution in [2.75, 3.05) is 13.2 Å². The number of hydrogen-bond acceptors (Lipinski definition) is 4. The number of aromatic carboxylic acids is 1. The molecule has 1 aliphatic rings. The van der Waals surface area contributed by atoms with Crippen LogP contribution >= 0.6 is 23.2 Å². The van der Waals surface area contributed by atoms with Crippen molar-refractivity contribution in [3.63, 3.8) is 0 Å². The van der Waals surface area contributed by atoms with Crippen LogP contribution in [0.15, 0.2) is 6.20 Å². The molecule has 1 aromatic heterocycles. The summed E-state index contributed by atoms with van der Waals surface area (Å²) >= 11 is 11.7. The Morgan fingerprint density at radius 2 is 2.30 bits per heavy atom. The monoisotopic (exact) mass is 318 g/mol. The van der Waals surface area contributed by atoms with Gasteiger partial charge in [-0.3, -0.25) is 0 Å². The lowest BCUT2D eigenvalue weighted by Gasteiger charge is -2.23. The first kappa shape index (κ1) is 15.4. The molecule has 2 rings (SSSR count). The van der Waals surface area contributed by atoms with E-state index in [0.29, 0.717) is 12.6 Å². The third-order valence-corrected chi connectivity index (χ3v) is 3.91. The molecule has 0 spiro atoms. The average Bonchev–Trinajstić information content (AvgIpc) is 2.42. The first-order valence-corrected chi connectivity index (χ1v) is 7.28. The number of carboxylic acid groups (broad SMARTS) is 1. The molecule has 0 saturated carbocycles. The van der Waals surface area contributed by atoms with Crippen molar-refractivity contribution in [1.29, 1.82) is 0 Å². The number of nitrogens with one attached hydrogen (secondary N) is 1. The number of nitrogens with zero attached hydrogens (tertiary/aromatic N) is 1. The fourth-order valence-electron chi connectivity index (χ4n) is 2.21. The quantitative estimate of drug-likeness (QED) is 0.873. The first-order valence-electron chi connectivity index (χ1n) is 6.53. The van der Waals surface area contributed by atoms with Gasteiger partial charge in [0, 0.05) is 6.04 Å². The number of carboxylic acids is 1. The van der Waals surface area contributed by atoms with Crippen molar-refractivity contribution in [2.45, 2.75) is 31.7 Å². The Labute approximate surface area is 127 Å². The minimum Gasteiger partial charge on any atom is -0.478 e. The van der Waals surface area contributed by atoms with E-state index in [1.165, 1.54) is 19.0 Å². The van der Waals surface area contributed by atoms with Crippen LogP contribution in [-0.2, 0) is 0 Å². The molecule has 2 heterocycles. The third-order valence-electron chi connectivity index (χ3n) is 3.27. The summed E-state index contributed by atoms with van der Waals surface area (Å²) in [7, 11) is 0. The lowest BCUT2D eigenvalue weighted by Crippen LogP contribution is -2.35. The Balaban J connectivity index is 1.95. The summed E-state index contributed by atoms with van der Waals surface area (Å²) in [6.45, 7) is 1.47. The van der Waals surface area contributed by atoms with Gasteiger partial charge in [0.15, 0.2) is 0 Å². The topological polar surface area (TPSA) is 71.5 Å². The van der Waals surface area contributed by atoms with Crippen LogP contribution in [0.3, 0.4) is 0 Å². The molecule has 1 saturated heterocycles. The van der Waals surface area contributed by atoms with Crippen LogP contribution in [0.4, 0.5) is 0 Å². The van der Waals surface area contributed by atoms with Gasteiger partial charge in [0.05, 0.1) is 17.8 Å². The third kappa shape index (κ3) is 3.75. The molecule has 1 aliphatic heterocycles. The van der Waals surface area contributed by atoms with E-state index in [-0.39, 0.29) is 21.5 Å². The fraction of sp³-hybridized carbons (Fsp3) is 0.538. The zero-order valence-corrected chi connectivity index (χ0v) is 12.4. The molecule has 0 radical (unpaired) electrons. The van der Waals surface area contributed by atoms with Gasteiger partial charge in [-0.2, -0.15) is 0 Å². The van der Waals surface area contributed by atoms with Gasteiger partial charge in [0.25, 0.3) is 0 Å². The van der Waals surface area contributed by atoms with E-state index in [0.717, 1.165) is 19.4 Å². The maximum atomic E-state index is 11.1. The summed E-state index contributed by atoms with van der Waals surface area (Å²) in [5, 5.41) is 12.4. The molecule has 0 amide bonds. The molecule has 0 aliphatic carbocycles. The van der Waals surface area contributed by atoms with Gasteiger partial charge in [0.2, 0.25) is 5.88 Å². The van der Waals surface area contributed by atoms with Crippen molar-refractivity contribution in [3.05, 3.63) is 21.8 Å². The molecule has 0 bridgehead atoms. The minimum atomic E-state index is -1.19. The Kier molecular flexibility index (Phi) is 5.46. The number of ether oxygens (including phenoxy) is 1. The molecule has 5 nitrogen and oxygen atoms in total. The fourth-order valence-corrected chi connectivity index (χ4v) is 2.77. The van der Waals surface area contributed by atoms with E-state index in [2.05, 4.69) is 10.3 Å². The smallest absolute Gasteiger partial charge is 0.339 e. The Bertz CT molecular complexity index is 491. The van der Waals surface area contributed by atoms with Gasteiger partial charge in [-0.15, -0.1) is 0 Å². The predicted octanol–water partition coefficient (Wildman–Crippen LogP) is 3.00. The normalized spacial score (nSPS) is 18.8. The van der Waals surface area contributed by atoms with Crippen LogP contribution in [-0.4, -0.2) is 35.3 Å². The second-order valence-corrected chi connectivity index (χ2v) is 5.47. The zero-order valence-electron chi connectivity index (χ0n) is 10.9. The molecule has 1 unspecified atom stereocenters. The van der Waals surface area contributed by atoms with Crippen LogP contribution in [0, 0.1) is 0 Å². The van der Waals surface area contributed by atoms with Gasteiger partial charge in [-0.1, -0.05) is 29.6 Å². The summed E-state index contributed by atoms with van der Waals surface area (Å²) in [4.78, 5) is 15.0. The molecule has 2 N–H and O–H groups in total. The van der Waals surface area contributed by atoms with Crippen molar-refractivity contribution in [3.8, 4) is 5.88 Å². The SMILES string of the molecule is O=C(O)c1c(Cl)cnc(OCCC2CCCCN2)c1Cl. The standard InChI is InChI=1S/C13H16Cl2N2O3/c14-9-7-17-12(11(15)10(9)13(18)19)20-6-4-8-3-1-2-5-16-8/h7-8,16H,1-6H2,(H,18,19). The Morgan fingerprint density at radius 3 is 2.95 bits per heavy atom. The van der Waals surface area contributed by atoms with Gasteiger partial charge in [0.1, 0.15) is 10.6 Å². The lowest BCUT2D eigenvalue weighted by atomic mass is 10.0. The number of halogens is 2. The first-order chi connectivity index (χ1) is 9.59. The van der Waals surface area contributed by atoms with Crippen molar-refractivity contribution in [1.82, 2.24) is 10.3 Å². The number of carbonyl (C=O) groups is 1. The summed E-state index contributed by atoms with van der Waals surface area (Å²) in [6.07, 6.45) is 5.64. The van der Waals surface area contributed by atoms with E-state index in [1.807, 2.05) is 0 Å². The highest BCUT2D eigenvalue weighted by Gasteiger charge is 2.19. The molecule has 110 valence electrons. The molecular formula is C13H16Cl2N2O3. The molecule has 0 aromatic carbocycles. The minimum absolute atomic E-state index is 0.00352. The highest BCUT2D eigenvalue weighted by atomic mass is 35.5. The highest BCUT2D eigenvalue weighted by molar-refractivity contribution is 6.39.